The first kappa shape index (κ1) is 24.3. The van der Waals surface area contributed by atoms with Gasteiger partial charge >= 0.3 is 0 Å². The highest BCUT2D eigenvalue weighted by Crippen LogP contribution is 2.25. The minimum Gasteiger partial charge on any atom is -0.490 e. The number of H-pyrrole nitrogens is 1. The normalized spacial score (nSPS) is 12.4. The number of carbonyl (C=O) groups excluding carboxylic acids is 1. The SMILES string of the molecule is CC(C)(Cc1ccc(Oc2ccc(C(N)=O)cn2)cc1)NC[C@H](O)COc1cccc2[nH]ccc12. The summed E-state index contributed by atoms with van der Waals surface area (Å²) in [7, 11) is 0. The van der Waals surface area contributed by atoms with E-state index >= 15 is 0 Å². The summed E-state index contributed by atoms with van der Waals surface area (Å²) in [5.74, 6) is 1.25. The van der Waals surface area contributed by atoms with E-state index in [0.717, 1.165) is 28.6 Å². The molecule has 0 bridgehead atoms. The van der Waals surface area contributed by atoms with Crippen molar-refractivity contribution >= 4 is 16.8 Å². The number of aromatic nitrogens is 2. The number of pyridine rings is 1. The van der Waals surface area contributed by atoms with Gasteiger partial charge in [0.2, 0.25) is 11.8 Å². The molecule has 4 rings (SSSR count). The zero-order chi connectivity index (χ0) is 24.8. The Kier molecular flexibility index (Phi) is 7.33. The molecule has 0 saturated heterocycles. The number of carbonyl (C=O) groups is 1. The van der Waals surface area contributed by atoms with E-state index in [1.165, 1.54) is 6.20 Å². The van der Waals surface area contributed by atoms with Crippen molar-refractivity contribution in [2.45, 2.75) is 31.9 Å². The van der Waals surface area contributed by atoms with Gasteiger partial charge in [0.1, 0.15) is 24.2 Å². The van der Waals surface area contributed by atoms with E-state index < -0.39 is 12.0 Å². The van der Waals surface area contributed by atoms with Gasteiger partial charge < -0.3 is 30.6 Å². The minimum atomic E-state index is -0.646. The molecule has 5 N–H and O–H groups in total. The van der Waals surface area contributed by atoms with Crippen LogP contribution in [0.4, 0.5) is 0 Å². The van der Waals surface area contributed by atoms with Crippen molar-refractivity contribution < 1.29 is 19.4 Å². The molecule has 0 fully saturated rings. The molecule has 0 aliphatic heterocycles. The minimum absolute atomic E-state index is 0.202. The number of hydrogen-bond acceptors (Lipinski definition) is 6. The van der Waals surface area contributed by atoms with Crippen molar-refractivity contribution in [3.05, 3.63) is 84.2 Å². The number of β-amino-alcohol motifs (C(OH)–C–C–N with tert-alkyl or cyclic N) is 1. The Balaban J connectivity index is 1.25. The molecule has 4 aromatic rings. The maximum atomic E-state index is 11.1. The number of rotatable bonds is 11. The highest BCUT2D eigenvalue weighted by atomic mass is 16.5. The van der Waals surface area contributed by atoms with E-state index in [2.05, 4.69) is 29.1 Å². The molecule has 2 heterocycles. The molecular weight excluding hydrogens is 444 g/mol. The first-order valence-electron chi connectivity index (χ1n) is 11.4. The van der Waals surface area contributed by atoms with Gasteiger partial charge in [-0.15, -0.1) is 0 Å². The van der Waals surface area contributed by atoms with Crippen molar-refractivity contribution in [1.29, 1.82) is 0 Å². The number of primary amides is 1. The zero-order valence-corrected chi connectivity index (χ0v) is 19.8. The fourth-order valence-electron chi connectivity index (χ4n) is 3.78. The molecule has 0 spiro atoms. The van der Waals surface area contributed by atoms with Crippen LogP contribution in [-0.4, -0.2) is 45.8 Å². The molecule has 0 unspecified atom stereocenters. The van der Waals surface area contributed by atoms with E-state index in [1.54, 1.807) is 12.1 Å². The summed E-state index contributed by atoms with van der Waals surface area (Å²) in [6.45, 7) is 4.80. The molecule has 35 heavy (non-hydrogen) atoms. The second kappa shape index (κ2) is 10.6. The number of nitrogens with two attached hydrogens (primary N) is 1. The summed E-state index contributed by atoms with van der Waals surface area (Å²) in [5, 5.41) is 14.9. The van der Waals surface area contributed by atoms with Gasteiger partial charge in [-0.05, 0) is 62.2 Å². The molecular formula is C27H30N4O4. The topological polar surface area (TPSA) is 122 Å². The van der Waals surface area contributed by atoms with Crippen LogP contribution >= 0.6 is 0 Å². The van der Waals surface area contributed by atoms with Crippen LogP contribution in [0.5, 0.6) is 17.4 Å². The maximum absolute atomic E-state index is 11.1. The van der Waals surface area contributed by atoms with E-state index in [1.807, 2.05) is 54.7 Å². The molecule has 8 heteroatoms. The van der Waals surface area contributed by atoms with E-state index in [4.69, 9.17) is 15.2 Å². The van der Waals surface area contributed by atoms with E-state index in [0.29, 0.717) is 23.7 Å². The number of aromatic amines is 1. The first-order chi connectivity index (χ1) is 16.8. The van der Waals surface area contributed by atoms with E-state index in [9.17, 15) is 9.90 Å². The van der Waals surface area contributed by atoms with Crippen LogP contribution in [-0.2, 0) is 6.42 Å². The number of nitrogens with one attached hydrogen (secondary N) is 2. The van der Waals surface area contributed by atoms with Gasteiger partial charge in [0.25, 0.3) is 0 Å². The van der Waals surface area contributed by atoms with Gasteiger partial charge in [-0.2, -0.15) is 0 Å². The number of ether oxygens (including phenoxy) is 2. The lowest BCUT2D eigenvalue weighted by Gasteiger charge is -2.28. The number of nitrogens with zero attached hydrogens (tertiary/aromatic N) is 1. The quantitative estimate of drug-likeness (QED) is 0.262. The molecule has 8 nitrogen and oxygen atoms in total. The number of aliphatic hydroxyl groups excluding tert-OH is 1. The summed E-state index contributed by atoms with van der Waals surface area (Å²) >= 11 is 0. The third kappa shape index (κ3) is 6.59. The lowest BCUT2D eigenvalue weighted by Crippen LogP contribution is -2.46. The van der Waals surface area contributed by atoms with Crippen molar-refractivity contribution in [3.8, 4) is 17.4 Å². The number of fused-ring (bicyclic) bond motifs is 1. The van der Waals surface area contributed by atoms with Crippen LogP contribution < -0.4 is 20.5 Å². The fraction of sp³-hybridized carbons (Fsp3) is 0.259. The summed E-state index contributed by atoms with van der Waals surface area (Å²) in [5.41, 5.74) is 7.45. The van der Waals surface area contributed by atoms with Gasteiger partial charge in [0, 0.05) is 41.4 Å². The van der Waals surface area contributed by atoms with Crippen molar-refractivity contribution in [2.24, 2.45) is 5.73 Å². The first-order valence-corrected chi connectivity index (χ1v) is 11.4. The molecule has 182 valence electrons. The van der Waals surface area contributed by atoms with Crippen LogP contribution in [0.25, 0.3) is 10.9 Å². The number of aliphatic hydroxyl groups is 1. The Morgan fingerprint density at radius 1 is 1.14 bits per heavy atom. The molecule has 1 amide bonds. The summed E-state index contributed by atoms with van der Waals surface area (Å²) in [4.78, 5) is 18.4. The molecule has 0 radical (unpaired) electrons. The monoisotopic (exact) mass is 474 g/mol. The van der Waals surface area contributed by atoms with Crippen LogP contribution in [0, 0.1) is 0 Å². The van der Waals surface area contributed by atoms with Gasteiger partial charge in [0.15, 0.2) is 0 Å². The lowest BCUT2D eigenvalue weighted by molar-refractivity contribution is 0.0995. The number of amides is 1. The highest BCUT2D eigenvalue weighted by Gasteiger charge is 2.20. The van der Waals surface area contributed by atoms with Crippen molar-refractivity contribution in [2.75, 3.05) is 13.2 Å². The number of hydrogen-bond donors (Lipinski definition) is 4. The standard InChI is InChI=1S/C27H30N4O4/c1-27(2,31-16-20(32)17-34-24-5-3-4-23-22(24)12-13-29-23)14-18-6-9-21(10-7-18)35-25-11-8-19(15-30-25)26(28)33/h3-13,15,20,29,31-32H,14,16-17H2,1-2H3,(H2,28,33)/t20-/m0/s1. The zero-order valence-electron chi connectivity index (χ0n) is 19.8. The van der Waals surface area contributed by atoms with Crippen LogP contribution in [0.1, 0.15) is 29.8 Å². The average molecular weight is 475 g/mol. The highest BCUT2D eigenvalue weighted by molar-refractivity contribution is 5.92. The molecule has 0 aliphatic carbocycles. The third-order valence-corrected chi connectivity index (χ3v) is 5.62. The summed E-state index contributed by atoms with van der Waals surface area (Å²) in [6.07, 6.45) is 3.37. The maximum Gasteiger partial charge on any atom is 0.250 e. The smallest absolute Gasteiger partial charge is 0.250 e. The van der Waals surface area contributed by atoms with Gasteiger partial charge in [-0.1, -0.05) is 18.2 Å². The van der Waals surface area contributed by atoms with Crippen molar-refractivity contribution in [3.63, 3.8) is 0 Å². The third-order valence-electron chi connectivity index (χ3n) is 5.62. The van der Waals surface area contributed by atoms with E-state index in [-0.39, 0.29) is 12.1 Å². The van der Waals surface area contributed by atoms with Crippen LogP contribution in [0.3, 0.4) is 0 Å². The van der Waals surface area contributed by atoms with Crippen LogP contribution in [0.15, 0.2) is 73.1 Å². The Labute approximate surface area is 204 Å². The molecule has 1 atom stereocenters. The predicted octanol–water partition coefficient (Wildman–Crippen LogP) is 3.80. The average Bonchev–Trinajstić information content (AvgIpc) is 3.32. The van der Waals surface area contributed by atoms with Gasteiger partial charge in [-0.3, -0.25) is 4.79 Å². The summed E-state index contributed by atoms with van der Waals surface area (Å²) < 4.78 is 11.6. The Hall–Kier alpha value is -3.88. The predicted molar refractivity (Wildman–Crippen MR) is 135 cm³/mol. The molecule has 2 aromatic carbocycles. The lowest BCUT2D eigenvalue weighted by atomic mass is 9.94. The Bertz CT molecular complexity index is 1270. The van der Waals surface area contributed by atoms with Gasteiger partial charge in [-0.25, -0.2) is 4.98 Å². The fourth-order valence-corrected chi connectivity index (χ4v) is 3.78. The summed E-state index contributed by atoms with van der Waals surface area (Å²) in [6, 6.07) is 18.7. The second-order valence-corrected chi connectivity index (χ2v) is 9.10. The van der Waals surface area contributed by atoms with Gasteiger partial charge in [0.05, 0.1) is 5.56 Å². The Morgan fingerprint density at radius 2 is 1.94 bits per heavy atom. The second-order valence-electron chi connectivity index (χ2n) is 9.10. The molecule has 0 saturated carbocycles. The number of benzene rings is 2. The van der Waals surface area contributed by atoms with Crippen LogP contribution in [0.2, 0.25) is 0 Å². The van der Waals surface area contributed by atoms with Crippen molar-refractivity contribution in [1.82, 2.24) is 15.3 Å². The molecule has 0 aliphatic rings. The largest absolute Gasteiger partial charge is 0.490 e. The Morgan fingerprint density at radius 3 is 2.66 bits per heavy atom. The molecule has 2 aromatic heterocycles.